The Bertz CT molecular complexity index is 681. The number of hydrogen-bond acceptors (Lipinski definition) is 6. The molecule has 0 radical (unpaired) electrons. The third-order valence-corrected chi connectivity index (χ3v) is 8.33. The second kappa shape index (κ2) is 11.3. The predicted octanol–water partition coefficient (Wildman–Crippen LogP) is 3.51. The van der Waals surface area contributed by atoms with E-state index in [2.05, 4.69) is 26.0 Å². The Hall–Kier alpha value is -0.760. The van der Waals surface area contributed by atoms with Crippen molar-refractivity contribution in [3.05, 3.63) is 23.3 Å². The molecule has 190 valence electrons. The maximum absolute atomic E-state index is 10.4. The van der Waals surface area contributed by atoms with E-state index in [9.17, 15) is 15.3 Å². The molecule has 3 rings (SSSR count). The minimum atomic E-state index is -0.751. The Labute approximate surface area is 199 Å². The van der Waals surface area contributed by atoms with Crippen LogP contribution in [0.25, 0.3) is 0 Å². The van der Waals surface area contributed by atoms with Crippen molar-refractivity contribution >= 4 is 0 Å². The molecule has 0 aromatic rings. The van der Waals surface area contributed by atoms with Crippen molar-refractivity contribution in [2.45, 2.75) is 109 Å². The van der Waals surface area contributed by atoms with Gasteiger partial charge in [0.2, 0.25) is 0 Å². The molecule has 0 heterocycles. The van der Waals surface area contributed by atoms with Crippen LogP contribution in [0.3, 0.4) is 0 Å². The molecule has 0 bridgehead atoms. The van der Waals surface area contributed by atoms with Gasteiger partial charge in [0, 0.05) is 6.61 Å². The molecule has 0 amide bonds. The van der Waals surface area contributed by atoms with Crippen molar-refractivity contribution in [3.8, 4) is 0 Å². The zero-order valence-corrected chi connectivity index (χ0v) is 21.0. The van der Waals surface area contributed by atoms with Crippen LogP contribution >= 0.6 is 0 Å². The second-order valence-electron chi connectivity index (χ2n) is 11.4. The fourth-order valence-corrected chi connectivity index (χ4v) is 6.54. The van der Waals surface area contributed by atoms with Gasteiger partial charge in [-0.25, -0.2) is 0 Å². The smallest absolute Gasteiger partial charge is 0.110 e. The summed E-state index contributed by atoms with van der Waals surface area (Å²) >= 11 is 0. The lowest BCUT2D eigenvalue weighted by molar-refractivity contribution is -0.115. The summed E-state index contributed by atoms with van der Waals surface area (Å²) < 4.78 is 11.6. The van der Waals surface area contributed by atoms with Gasteiger partial charge >= 0.3 is 0 Å². The highest BCUT2D eigenvalue weighted by atomic mass is 16.5. The monoisotopic (exact) mass is 466 g/mol. The summed E-state index contributed by atoms with van der Waals surface area (Å²) in [4.78, 5) is 0. The van der Waals surface area contributed by atoms with Gasteiger partial charge in [0.15, 0.2) is 0 Å². The van der Waals surface area contributed by atoms with E-state index in [1.807, 2.05) is 13.8 Å². The third-order valence-electron chi connectivity index (χ3n) is 8.33. The zero-order valence-electron chi connectivity index (χ0n) is 21.0. The lowest BCUT2D eigenvalue weighted by atomic mass is 9.62. The van der Waals surface area contributed by atoms with Gasteiger partial charge in [-0.05, 0) is 89.4 Å². The molecule has 0 aliphatic heterocycles. The van der Waals surface area contributed by atoms with Crippen molar-refractivity contribution in [2.75, 3.05) is 19.8 Å². The Kier molecular flexibility index (Phi) is 9.20. The van der Waals surface area contributed by atoms with Crippen molar-refractivity contribution < 1.29 is 29.9 Å². The molecule has 4 N–H and O–H groups in total. The molecule has 3 unspecified atom stereocenters. The van der Waals surface area contributed by atoms with E-state index in [1.165, 1.54) is 31.3 Å². The van der Waals surface area contributed by atoms with Gasteiger partial charge in [-0.3, -0.25) is 0 Å². The second-order valence-corrected chi connectivity index (χ2v) is 11.4. The van der Waals surface area contributed by atoms with Gasteiger partial charge < -0.3 is 29.9 Å². The van der Waals surface area contributed by atoms with E-state index < -0.39 is 23.9 Å². The molecule has 0 aromatic carbocycles. The van der Waals surface area contributed by atoms with E-state index in [1.54, 1.807) is 0 Å². The molecule has 0 spiro atoms. The van der Waals surface area contributed by atoms with Gasteiger partial charge in [0.1, 0.15) is 6.10 Å². The Balaban J connectivity index is 1.64. The number of allylic oxidation sites excluding steroid dienone is 3. The van der Waals surface area contributed by atoms with Crippen molar-refractivity contribution in [1.82, 2.24) is 0 Å². The number of rotatable bonds is 9. The zero-order chi connectivity index (χ0) is 24.2. The summed E-state index contributed by atoms with van der Waals surface area (Å²) in [5.41, 5.74) is 2.08. The minimum absolute atomic E-state index is 0.116. The fraction of sp³-hybridized carbons (Fsp3) is 0.852. The van der Waals surface area contributed by atoms with Gasteiger partial charge in [0.25, 0.3) is 0 Å². The Morgan fingerprint density at radius 2 is 1.82 bits per heavy atom. The largest absolute Gasteiger partial charge is 0.394 e. The first-order valence-electron chi connectivity index (χ1n) is 12.9. The minimum Gasteiger partial charge on any atom is -0.394 e. The molecule has 3 aliphatic rings. The molecular formula is C27H46O6. The Morgan fingerprint density at radius 1 is 1.12 bits per heavy atom. The van der Waals surface area contributed by atoms with Crippen LogP contribution in [0.2, 0.25) is 0 Å². The number of fused-ring (bicyclic) bond motifs is 1. The first-order valence-corrected chi connectivity index (χ1v) is 12.9. The third kappa shape index (κ3) is 6.68. The summed E-state index contributed by atoms with van der Waals surface area (Å²) in [5, 5.41) is 39.8. The first kappa shape index (κ1) is 26.8. The van der Waals surface area contributed by atoms with E-state index in [0.29, 0.717) is 37.7 Å². The number of ether oxygens (including phenoxy) is 2. The lowest BCUT2D eigenvalue weighted by Gasteiger charge is -2.44. The lowest BCUT2D eigenvalue weighted by Crippen LogP contribution is -2.44. The molecule has 3 saturated carbocycles. The van der Waals surface area contributed by atoms with Crippen molar-refractivity contribution in [1.29, 1.82) is 0 Å². The fourth-order valence-electron chi connectivity index (χ4n) is 6.54. The standard InChI is InChI=1S/C27H46O6/c1-18(32-14-12-26(2,3)31)21-9-10-22-20(6-5-11-27(21,22)4)8-7-19-16-23(29)25(24(30)17-19)33-15-13-28/h7-8,18,21-25,28-31H,5-6,9-17H2,1-4H3/t18-,21?,22?,23-,24-,25?,27?/m1/s1. The molecule has 6 atom stereocenters. The molecule has 3 aliphatic carbocycles. The van der Waals surface area contributed by atoms with E-state index >= 15 is 0 Å². The van der Waals surface area contributed by atoms with Crippen molar-refractivity contribution in [2.24, 2.45) is 17.3 Å². The molecule has 6 nitrogen and oxygen atoms in total. The summed E-state index contributed by atoms with van der Waals surface area (Å²) in [5.74, 6) is 1.07. The first-order chi connectivity index (χ1) is 15.5. The van der Waals surface area contributed by atoms with Crippen LogP contribution in [0.5, 0.6) is 0 Å². The highest BCUT2D eigenvalue weighted by Gasteiger charge is 2.51. The topological polar surface area (TPSA) is 99.4 Å². The van der Waals surface area contributed by atoms with Crippen molar-refractivity contribution in [3.63, 3.8) is 0 Å². The summed E-state index contributed by atoms with van der Waals surface area (Å²) in [6.45, 7) is 8.88. The highest BCUT2D eigenvalue weighted by molar-refractivity contribution is 5.26. The maximum atomic E-state index is 10.4. The van der Waals surface area contributed by atoms with Crippen LogP contribution in [0.4, 0.5) is 0 Å². The van der Waals surface area contributed by atoms with E-state index in [-0.39, 0.29) is 24.7 Å². The van der Waals surface area contributed by atoms with Crippen LogP contribution in [0, 0.1) is 17.3 Å². The van der Waals surface area contributed by atoms with Crippen LogP contribution in [0.15, 0.2) is 23.3 Å². The van der Waals surface area contributed by atoms with Gasteiger partial charge in [-0.1, -0.05) is 30.2 Å². The molecule has 3 fully saturated rings. The van der Waals surface area contributed by atoms with Gasteiger partial charge in [-0.15, -0.1) is 0 Å². The van der Waals surface area contributed by atoms with E-state index in [0.717, 1.165) is 12.0 Å². The summed E-state index contributed by atoms with van der Waals surface area (Å²) in [6, 6.07) is 0. The maximum Gasteiger partial charge on any atom is 0.110 e. The summed E-state index contributed by atoms with van der Waals surface area (Å²) in [6.07, 6.45) is 9.91. The SMILES string of the molecule is C[C@@H](OCCC(C)(C)O)C1CCC2C(=CC=C3C[C@@H](O)C(OCCO)[C@H](O)C3)CCCC21C. The van der Waals surface area contributed by atoms with E-state index in [4.69, 9.17) is 14.6 Å². The molecular weight excluding hydrogens is 420 g/mol. The van der Waals surface area contributed by atoms with Gasteiger partial charge in [0.05, 0.1) is 37.1 Å². The quantitative estimate of drug-likeness (QED) is 0.415. The number of hydrogen-bond donors (Lipinski definition) is 4. The molecule has 6 heteroatoms. The summed E-state index contributed by atoms with van der Waals surface area (Å²) in [7, 11) is 0. The molecule has 0 aromatic heterocycles. The Morgan fingerprint density at radius 3 is 2.45 bits per heavy atom. The number of aliphatic hydroxyl groups is 4. The average molecular weight is 467 g/mol. The molecule has 0 saturated heterocycles. The van der Waals surface area contributed by atoms with Crippen LogP contribution < -0.4 is 0 Å². The normalized spacial score (nSPS) is 37.3. The van der Waals surface area contributed by atoms with Gasteiger partial charge in [-0.2, -0.15) is 0 Å². The highest BCUT2D eigenvalue weighted by Crippen LogP contribution is 2.58. The van der Waals surface area contributed by atoms with Crippen LogP contribution in [-0.4, -0.2) is 70.3 Å². The van der Waals surface area contributed by atoms with Crippen LogP contribution in [-0.2, 0) is 9.47 Å². The number of aliphatic hydroxyl groups excluding tert-OH is 3. The molecule has 33 heavy (non-hydrogen) atoms. The van der Waals surface area contributed by atoms with Crippen LogP contribution in [0.1, 0.15) is 79.1 Å². The predicted molar refractivity (Wildman–Crippen MR) is 129 cm³/mol. The average Bonchev–Trinajstić information content (AvgIpc) is 3.08.